The molecule has 1 unspecified atom stereocenters. The largest absolute Gasteiger partial charge is 0.325 e. The van der Waals surface area contributed by atoms with E-state index in [0.29, 0.717) is 11.4 Å². The molecule has 0 spiro atoms. The van der Waals surface area contributed by atoms with Crippen LogP contribution in [0.25, 0.3) is 0 Å². The number of hydrogen-bond donors (Lipinski definition) is 2. The van der Waals surface area contributed by atoms with E-state index in [1.54, 1.807) is 41.8 Å². The number of benzene rings is 3. The zero-order valence-electron chi connectivity index (χ0n) is 17.1. The number of carbonyl (C=O) groups is 1. The lowest BCUT2D eigenvalue weighted by Crippen LogP contribution is -2.19. The minimum absolute atomic E-state index is 0.238. The zero-order chi connectivity index (χ0) is 23.3. The third-order valence-corrected chi connectivity index (χ3v) is 8.62. The predicted molar refractivity (Wildman–Crippen MR) is 132 cm³/mol. The first-order chi connectivity index (χ1) is 15.9. The molecular weight excluding hydrogens is 479 g/mol. The summed E-state index contributed by atoms with van der Waals surface area (Å²) in [6, 6.07) is 25.0. The Hall–Kier alpha value is -3.14. The van der Waals surface area contributed by atoms with E-state index in [0.717, 1.165) is 21.8 Å². The average molecular weight is 499 g/mol. The molecule has 33 heavy (non-hydrogen) atoms. The minimum Gasteiger partial charge on any atom is -0.325 e. The molecule has 0 radical (unpaired) electrons. The molecule has 1 aromatic heterocycles. The summed E-state index contributed by atoms with van der Waals surface area (Å²) in [5, 5.41) is 3.97. The van der Waals surface area contributed by atoms with Crippen molar-refractivity contribution in [1.29, 1.82) is 0 Å². The summed E-state index contributed by atoms with van der Waals surface area (Å²) >= 11 is 2.48. The van der Waals surface area contributed by atoms with Crippen LogP contribution in [0.2, 0.25) is 0 Å². The summed E-state index contributed by atoms with van der Waals surface area (Å²) in [5.74, 6) is -0.628. The van der Waals surface area contributed by atoms with Gasteiger partial charge in [-0.15, -0.1) is 23.1 Å². The third kappa shape index (κ3) is 6.01. The molecule has 0 fully saturated rings. The third-order valence-electron chi connectivity index (χ3n) is 4.57. The number of hydrogen-bond acceptors (Lipinski definition) is 5. The highest BCUT2D eigenvalue weighted by Crippen LogP contribution is 2.37. The van der Waals surface area contributed by atoms with Crippen LogP contribution in [0.15, 0.2) is 105 Å². The molecule has 0 aliphatic rings. The molecule has 2 N–H and O–H groups in total. The first-order valence-electron chi connectivity index (χ1n) is 9.85. The van der Waals surface area contributed by atoms with Gasteiger partial charge in [-0.2, -0.15) is 0 Å². The number of sulfonamides is 1. The number of carbonyl (C=O) groups excluding carboxylic acids is 1. The number of rotatable bonds is 8. The minimum atomic E-state index is -3.63. The van der Waals surface area contributed by atoms with Crippen molar-refractivity contribution in [1.82, 2.24) is 0 Å². The van der Waals surface area contributed by atoms with Crippen molar-refractivity contribution in [2.75, 3.05) is 10.0 Å². The van der Waals surface area contributed by atoms with Gasteiger partial charge in [0.05, 0.1) is 0 Å². The van der Waals surface area contributed by atoms with E-state index in [2.05, 4.69) is 10.0 Å². The van der Waals surface area contributed by atoms with Crippen LogP contribution in [0.3, 0.4) is 0 Å². The highest BCUT2D eigenvalue weighted by atomic mass is 32.2. The molecule has 0 bridgehead atoms. The first-order valence-corrected chi connectivity index (χ1v) is 13.1. The van der Waals surface area contributed by atoms with E-state index in [4.69, 9.17) is 0 Å². The van der Waals surface area contributed by atoms with Gasteiger partial charge in [-0.05, 0) is 65.5 Å². The van der Waals surface area contributed by atoms with Crippen molar-refractivity contribution >= 4 is 50.4 Å². The summed E-state index contributed by atoms with van der Waals surface area (Å²) < 4.78 is 40.8. The van der Waals surface area contributed by atoms with Crippen LogP contribution in [0.1, 0.15) is 10.8 Å². The van der Waals surface area contributed by atoms with Gasteiger partial charge in [-0.3, -0.25) is 9.52 Å². The number of thiophene rings is 1. The van der Waals surface area contributed by atoms with Crippen LogP contribution >= 0.6 is 23.1 Å². The smallest absolute Gasteiger partial charge is 0.271 e. The van der Waals surface area contributed by atoms with Gasteiger partial charge in [0, 0.05) is 16.3 Å². The second-order valence-corrected chi connectivity index (χ2v) is 11.0. The van der Waals surface area contributed by atoms with E-state index in [1.165, 1.54) is 36.0 Å². The van der Waals surface area contributed by atoms with Gasteiger partial charge in [0.1, 0.15) is 15.3 Å². The van der Waals surface area contributed by atoms with Gasteiger partial charge in [0.25, 0.3) is 10.0 Å². The fourth-order valence-corrected chi connectivity index (χ4v) is 6.08. The topological polar surface area (TPSA) is 75.3 Å². The molecule has 1 atom stereocenters. The maximum atomic E-state index is 13.2. The Balaban J connectivity index is 1.51. The molecule has 1 amide bonds. The Morgan fingerprint density at radius 3 is 2.15 bits per heavy atom. The van der Waals surface area contributed by atoms with E-state index in [9.17, 15) is 17.6 Å². The van der Waals surface area contributed by atoms with Crippen molar-refractivity contribution in [3.05, 3.63) is 108 Å². The van der Waals surface area contributed by atoms with Crippen LogP contribution < -0.4 is 10.0 Å². The van der Waals surface area contributed by atoms with Crippen molar-refractivity contribution in [3.8, 4) is 0 Å². The summed E-state index contributed by atoms with van der Waals surface area (Å²) in [6.45, 7) is 0. The van der Waals surface area contributed by atoms with E-state index >= 15 is 0 Å². The second-order valence-electron chi connectivity index (χ2n) is 6.97. The number of amides is 1. The quantitative estimate of drug-likeness (QED) is 0.285. The molecule has 168 valence electrons. The van der Waals surface area contributed by atoms with Crippen molar-refractivity contribution in [3.63, 3.8) is 0 Å². The lowest BCUT2D eigenvalue weighted by Gasteiger charge is -2.17. The number of thioether (sulfide) groups is 1. The second kappa shape index (κ2) is 10.2. The van der Waals surface area contributed by atoms with Crippen LogP contribution in [0.4, 0.5) is 15.8 Å². The molecule has 4 rings (SSSR count). The molecule has 4 aromatic rings. The molecule has 0 aliphatic carbocycles. The number of anilines is 2. The molecule has 9 heteroatoms. The SMILES string of the molecule is O=C(Nc1ccc(F)cc1)C(Sc1ccc(NS(=O)(=O)c2cccs2)cc1)c1ccccc1. The maximum absolute atomic E-state index is 13.2. The van der Waals surface area contributed by atoms with Crippen molar-refractivity contribution < 1.29 is 17.6 Å². The van der Waals surface area contributed by atoms with E-state index in [1.807, 2.05) is 30.3 Å². The Bertz CT molecular complexity index is 1310. The lowest BCUT2D eigenvalue weighted by atomic mass is 10.1. The monoisotopic (exact) mass is 498 g/mol. The summed E-state index contributed by atoms with van der Waals surface area (Å²) in [7, 11) is -3.63. The number of halogens is 1. The van der Waals surface area contributed by atoms with Crippen LogP contribution in [-0.2, 0) is 14.8 Å². The van der Waals surface area contributed by atoms with Crippen molar-refractivity contribution in [2.45, 2.75) is 14.4 Å². The standard InChI is InChI=1S/C24H19FN2O3S3/c25-18-8-10-19(11-9-18)26-24(28)23(17-5-2-1-3-6-17)32-21-14-12-20(13-15-21)27-33(29,30)22-7-4-16-31-22/h1-16,23,27H,(H,26,28). The van der Waals surface area contributed by atoms with Crippen LogP contribution in [-0.4, -0.2) is 14.3 Å². The first kappa shape index (κ1) is 23.0. The van der Waals surface area contributed by atoms with Gasteiger partial charge >= 0.3 is 0 Å². The summed E-state index contributed by atoms with van der Waals surface area (Å²) in [4.78, 5) is 13.9. The van der Waals surface area contributed by atoms with Gasteiger partial charge in [0.2, 0.25) is 5.91 Å². The fraction of sp³-hybridized carbons (Fsp3) is 0.0417. The lowest BCUT2D eigenvalue weighted by molar-refractivity contribution is -0.115. The highest BCUT2D eigenvalue weighted by molar-refractivity contribution is 8.00. The van der Waals surface area contributed by atoms with Gasteiger partial charge in [-0.25, -0.2) is 12.8 Å². The van der Waals surface area contributed by atoms with Crippen molar-refractivity contribution in [2.24, 2.45) is 0 Å². The summed E-state index contributed by atoms with van der Waals surface area (Å²) in [5.41, 5.74) is 1.74. The molecule has 5 nitrogen and oxygen atoms in total. The van der Waals surface area contributed by atoms with Gasteiger partial charge in [-0.1, -0.05) is 36.4 Å². The fourth-order valence-electron chi connectivity index (χ4n) is 3.00. The Morgan fingerprint density at radius 2 is 1.52 bits per heavy atom. The average Bonchev–Trinajstić information content (AvgIpc) is 3.37. The number of nitrogens with one attached hydrogen (secondary N) is 2. The van der Waals surface area contributed by atoms with Gasteiger partial charge in [0.15, 0.2) is 0 Å². The Labute approximate surface area is 199 Å². The van der Waals surface area contributed by atoms with Crippen LogP contribution in [0, 0.1) is 5.82 Å². The molecular formula is C24H19FN2O3S3. The molecule has 1 heterocycles. The molecule has 0 saturated heterocycles. The molecule has 0 aliphatic heterocycles. The predicted octanol–water partition coefficient (Wildman–Crippen LogP) is 6.16. The van der Waals surface area contributed by atoms with E-state index < -0.39 is 15.3 Å². The Kier molecular flexibility index (Phi) is 7.12. The molecule has 0 saturated carbocycles. The normalized spacial score (nSPS) is 12.2. The zero-order valence-corrected chi connectivity index (χ0v) is 19.6. The van der Waals surface area contributed by atoms with Gasteiger partial charge < -0.3 is 5.32 Å². The Morgan fingerprint density at radius 1 is 0.848 bits per heavy atom. The highest BCUT2D eigenvalue weighted by Gasteiger charge is 2.22. The maximum Gasteiger partial charge on any atom is 0.271 e. The molecule has 3 aromatic carbocycles. The van der Waals surface area contributed by atoms with Crippen LogP contribution in [0.5, 0.6) is 0 Å². The summed E-state index contributed by atoms with van der Waals surface area (Å²) in [6.07, 6.45) is 0. The van der Waals surface area contributed by atoms with E-state index in [-0.39, 0.29) is 15.9 Å².